The lowest BCUT2D eigenvalue weighted by molar-refractivity contribution is 0.1000. The highest BCUT2D eigenvalue weighted by Crippen LogP contribution is 2.28. The number of primary amides is 1. The first kappa shape index (κ1) is 13.4. The Morgan fingerprint density at radius 3 is 2.68 bits per heavy atom. The van der Waals surface area contributed by atoms with E-state index in [4.69, 9.17) is 11.5 Å². The molecule has 0 saturated heterocycles. The zero-order valence-corrected chi connectivity index (χ0v) is 10.9. The first-order valence-corrected chi connectivity index (χ1v) is 6.61. The van der Waals surface area contributed by atoms with Crippen LogP contribution < -0.4 is 11.5 Å². The lowest BCUT2D eigenvalue weighted by atomic mass is 10.1. The maximum Gasteiger partial charge on any atom is 0.248 e. The molecule has 4 N–H and O–H groups in total. The van der Waals surface area contributed by atoms with Gasteiger partial charge >= 0.3 is 0 Å². The summed E-state index contributed by atoms with van der Waals surface area (Å²) in [4.78, 5) is 11.9. The topological polar surface area (TPSA) is 69.1 Å². The molecule has 0 aliphatic carbocycles. The van der Waals surface area contributed by atoms with E-state index in [1.807, 2.05) is 6.07 Å². The molecule has 0 unspecified atom stereocenters. The van der Waals surface area contributed by atoms with Crippen molar-refractivity contribution in [2.75, 3.05) is 5.73 Å². The highest BCUT2D eigenvalue weighted by atomic mass is 32.2. The Hall–Kier alpha value is -2.01. The van der Waals surface area contributed by atoms with E-state index in [-0.39, 0.29) is 5.82 Å². The van der Waals surface area contributed by atoms with Crippen LogP contribution in [0.3, 0.4) is 0 Å². The van der Waals surface area contributed by atoms with Crippen molar-refractivity contribution in [2.45, 2.75) is 10.6 Å². The Kier molecular flexibility index (Phi) is 4.06. The van der Waals surface area contributed by atoms with Crippen molar-refractivity contribution in [2.24, 2.45) is 5.73 Å². The first-order chi connectivity index (χ1) is 9.06. The molecule has 3 nitrogen and oxygen atoms in total. The molecule has 0 heterocycles. The Balaban J connectivity index is 2.10. The number of benzene rings is 2. The van der Waals surface area contributed by atoms with E-state index in [9.17, 15) is 9.18 Å². The molecule has 2 aromatic carbocycles. The van der Waals surface area contributed by atoms with Gasteiger partial charge in [0.2, 0.25) is 5.91 Å². The van der Waals surface area contributed by atoms with E-state index >= 15 is 0 Å². The minimum Gasteiger partial charge on any atom is -0.398 e. The first-order valence-electron chi connectivity index (χ1n) is 5.63. The van der Waals surface area contributed by atoms with Crippen LogP contribution in [0.15, 0.2) is 47.4 Å². The maximum absolute atomic E-state index is 12.9. The smallest absolute Gasteiger partial charge is 0.248 e. The molecule has 0 atom stereocenters. The summed E-state index contributed by atoms with van der Waals surface area (Å²) < 4.78 is 12.9. The SMILES string of the molecule is NC(=O)c1cccc(CSc2ccc(F)cc2N)c1. The second-order valence-corrected chi connectivity index (χ2v) is 5.05. The quantitative estimate of drug-likeness (QED) is 0.666. The fourth-order valence-corrected chi connectivity index (χ4v) is 2.52. The molecule has 0 aliphatic heterocycles. The normalized spacial score (nSPS) is 10.4. The van der Waals surface area contributed by atoms with Crippen LogP contribution in [0.1, 0.15) is 15.9 Å². The molecule has 0 aliphatic rings. The number of thioether (sulfide) groups is 1. The van der Waals surface area contributed by atoms with Gasteiger partial charge in [-0.2, -0.15) is 0 Å². The number of halogens is 1. The predicted octanol–water partition coefficient (Wildman–Crippen LogP) is 2.80. The maximum atomic E-state index is 12.9. The van der Waals surface area contributed by atoms with E-state index in [1.54, 1.807) is 24.3 Å². The number of nitrogen functional groups attached to an aromatic ring is 1. The third kappa shape index (κ3) is 3.48. The van der Waals surface area contributed by atoms with Gasteiger partial charge in [-0.05, 0) is 35.9 Å². The number of hydrogen-bond acceptors (Lipinski definition) is 3. The third-order valence-electron chi connectivity index (χ3n) is 2.58. The molecule has 0 radical (unpaired) electrons. The highest BCUT2D eigenvalue weighted by molar-refractivity contribution is 7.98. The van der Waals surface area contributed by atoms with Crippen LogP contribution in [0, 0.1) is 5.82 Å². The summed E-state index contributed by atoms with van der Waals surface area (Å²) in [6, 6.07) is 11.4. The van der Waals surface area contributed by atoms with Crippen LogP contribution in [0.4, 0.5) is 10.1 Å². The van der Waals surface area contributed by atoms with Gasteiger partial charge < -0.3 is 11.5 Å². The van der Waals surface area contributed by atoms with E-state index in [0.29, 0.717) is 17.0 Å². The van der Waals surface area contributed by atoms with Crippen molar-refractivity contribution < 1.29 is 9.18 Å². The molecule has 0 bridgehead atoms. The van der Waals surface area contributed by atoms with Crippen molar-refractivity contribution in [3.8, 4) is 0 Å². The largest absolute Gasteiger partial charge is 0.398 e. The molecule has 0 spiro atoms. The van der Waals surface area contributed by atoms with Crippen LogP contribution in [0.2, 0.25) is 0 Å². The molecule has 1 amide bonds. The Morgan fingerprint density at radius 1 is 1.21 bits per heavy atom. The molecule has 98 valence electrons. The summed E-state index contributed by atoms with van der Waals surface area (Å²) in [6.07, 6.45) is 0. The average molecular weight is 276 g/mol. The van der Waals surface area contributed by atoms with Crippen molar-refractivity contribution in [1.82, 2.24) is 0 Å². The number of nitrogens with two attached hydrogens (primary N) is 2. The molecular weight excluding hydrogens is 263 g/mol. The van der Waals surface area contributed by atoms with Gasteiger partial charge in [-0.15, -0.1) is 11.8 Å². The van der Waals surface area contributed by atoms with Crippen molar-refractivity contribution in [3.05, 3.63) is 59.4 Å². The second kappa shape index (κ2) is 5.75. The van der Waals surface area contributed by atoms with E-state index in [1.165, 1.54) is 23.9 Å². The zero-order chi connectivity index (χ0) is 13.8. The lowest BCUT2D eigenvalue weighted by Gasteiger charge is -2.06. The lowest BCUT2D eigenvalue weighted by Crippen LogP contribution is -2.10. The Labute approximate surface area is 114 Å². The second-order valence-electron chi connectivity index (χ2n) is 4.04. The molecule has 2 rings (SSSR count). The van der Waals surface area contributed by atoms with Gasteiger partial charge in [-0.3, -0.25) is 4.79 Å². The summed E-state index contributed by atoms with van der Waals surface area (Å²) in [5.74, 6) is -0.164. The summed E-state index contributed by atoms with van der Waals surface area (Å²) >= 11 is 1.49. The van der Waals surface area contributed by atoms with Crippen LogP contribution in [0.25, 0.3) is 0 Å². The predicted molar refractivity (Wildman–Crippen MR) is 75.3 cm³/mol. The van der Waals surface area contributed by atoms with Gasteiger partial charge in [0.05, 0.1) is 0 Å². The van der Waals surface area contributed by atoms with Gasteiger partial charge in [0, 0.05) is 21.9 Å². The van der Waals surface area contributed by atoms with Gasteiger partial charge in [0.25, 0.3) is 0 Å². The van der Waals surface area contributed by atoms with Crippen LogP contribution >= 0.6 is 11.8 Å². The van der Waals surface area contributed by atoms with Crippen molar-refractivity contribution in [1.29, 1.82) is 0 Å². The summed E-state index contributed by atoms with van der Waals surface area (Å²) in [7, 11) is 0. The molecule has 2 aromatic rings. The minimum atomic E-state index is -0.451. The van der Waals surface area contributed by atoms with Crippen molar-refractivity contribution >= 4 is 23.4 Å². The number of amides is 1. The number of carbonyl (C=O) groups is 1. The van der Waals surface area contributed by atoms with Crippen LogP contribution in [0.5, 0.6) is 0 Å². The van der Waals surface area contributed by atoms with Gasteiger partial charge in [0.15, 0.2) is 0 Å². The number of anilines is 1. The molecule has 5 heteroatoms. The Morgan fingerprint density at radius 2 is 2.00 bits per heavy atom. The number of hydrogen-bond donors (Lipinski definition) is 2. The Bertz CT molecular complexity index is 616. The number of rotatable bonds is 4. The monoisotopic (exact) mass is 276 g/mol. The zero-order valence-electron chi connectivity index (χ0n) is 10.1. The average Bonchev–Trinajstić information content (AvgIpc) is 2.38. The fraction of sp³-hybridized carbons (Fsp3) is 0.0714. The molecule has 19 heavy (non-hydrogen) atoms. The minimum absolute atomic E-state index is 0.349. The summed E-state index contributed by atoms with van der Waals surface area (Å²) in [5, 5.41) is 0. The molecular formula is C14H13FN2OS. The van der Waals surface area contributed by atoms with E-state index in [0.717, 1.165) is 10.5 Å². The van der Waals surface area contributed by atoms with Crippen LogP contribution in [-0.4, -0.2) is 5.91 Å². The van der Waals surface area contributed by atoms with Gasteiger partial charge in [-0.1, -0.05) is 12.1 Å². The molecule has 0 saturated carbocycles. The molecule has 0 aromatic heterocycles. The number of carbonyl (C=O) groups excluding carboxylic acids is 1. The van der Waals surface area contributed by atoms with Gasteiger partial charge in [0.1, 0.15) is 5.82 Å². The highest BCUT2D eigenvalue weighted by Gasteiger charge is 2.04. The standard InChI is InChI=1S/C14H13FN2OS/c15-11-4-5-13(12(16)7-11)19-8-9-2-1-3-10(6-9)14(17)18/h1-7H,8,16H2,(H2,17,18). The summed E-state index contributed by atoms with van der Waals surface area (Å²) in [6.45, 7) is 0. The van der Waals surface area contributed by atoms with Crippen molar-refractivity contribution in [3.63, 3.8) is 0 Å². The van der Waals surface area contributed by atoms with Crippen LogP contribution in [-0.2, 0) is 5.75 Å². The van der Waals surface area contributed by atoms with E-state index < -0.39 is 5.91 Å². The molecule has 0 fully saturated rings. The third-order valence-corrected chi connectivity index (χ3v) is 3.74. The van der Waals surface area contributed by atoms with E-state index in [2.05, 4.69) is 0 Å². The summed E-state index contributed by atoms with van der Waals surface area (Å²) in [5.41, 5.74) is 12.8. The van der Waals surface area contributed by atoms with Gasteiger partial charge in [-0.25, -0.2) is 4.39 Å². The fourth-order valence-electron chi connectivity index (χ4n) is 1.63.